The number of carbonyl (C=O) groups is 2. The lowest BCUT2D eigenvalue weighted by atomic mass is 9.94. The number of hydrogen-bond acceptors (Lipinski definition) is 6. The van der Waals surface area contributed by atoms with Crippen LogP contribution in [-0.4, -0.2) is 70.1 Å². The number of H-pyrrole nitrogens is 1. The Morgan fingerprint density at radius 2 is 2.03 bits per heavy atom. The molecule has 3 aliphatic heterocycles. The zero-order valence-corrected chi connectivity index (χ0v) is 20.6. The van der Waals surface area contributed by atoms with E-state index < -0.39 is 11.7 Å². The van der Waals surface area contributed by atoms with Crippen molar-refractivity contribution in [1.82, 2.24) is 19.9 Å². The van der Waals surface area contributed by atoms with Crippen molar-refractivity contribution in [2.75, 3.05) is 36.5 Å². The van der Waals surface area contributed by atoms with Gasteiger partial charge in [-0.1, -0.05) is 6.07 Å². The van der Waals surface area contributed by atoms with Crippen molar-refractivity contribution in [2.24, 2.45) is 5.92 Å². The Morgan fingerprint density at radius 1 is 1.19 bits per heavy atom. The Hall–Kier alpha value is -3.79. The minimum atomic E-state index is -0.458. The number of para-hydroxylation sites is 1. The molecule has 0 saturated carbocycles. The van der Waals surface area contributed by atoms with E-state index in [1.807, 2.05) is 28.9 Å². The fraction of sp³-hybridized carbons (Fsp3) is 0.407. The number of hydrogen-bond donors (Lipinski definition) is 2. The number of likely N-dealkylation sites (tertiary alicyclic amines) is 1. The number of halogens is 1. The molecule has 3 aliphatic rings. The SMILES string of the molecule is Cc1cc(-c2cnc(C(=O)Nc3cccc(F)c3N3CCC(C(=O)N4CC5CC4CO5)CC3)[nH]2)ccn1. The van der Waals surface area contributed by atoms with Crippen LogP contribution < -0.4 is 10.2 Å². The molecule has 2 bridgehead atoms. The summed E-state index contributed by atoms with van der Waals surface area (Å²) in [5.41, 5.74) is 3.14. The smallest absolute Gasteiger partial charge is 0.291 e. The number of carbonyl (C=O) groups excluding carboxylic acids is 2. The highest BCUT2D eigenvalue weighted by Crippen LogP contribution is 2.35. The molecule has 2 aromatic heterocycles. The number of morpholine rings is 1. The highest BCUT2D eigenvalue weighted by atomic mass is 19.1. The lowest BCUT2D eigenvalue weighted by molar-refractivity contribution is -0.140. The Bertz CT molecular complexity index is 1340. The number of rotatable bonds is 5. The molecule has 6 rings (SSSR count). The Labute approximate surface area is 214 Å². The van der Waals surface area contributed by atoms with Crippen molar-refractivity contribution >= 4 is 23.2 Å². The number of benzene rings is 1. The van der Waals surface area contributed by atoms with Gasteiger partial charge in [-0.2, -0.15) is 0 Å². The number of fused-ring (bicyclic) bond motifs is 2. The highest BCUT2D eigenvalue weighted by Gasteiger charge is 2.43. The highest BCUT2D eigenvalue weighted by molar-refractivity contribution is 6.04. The van der Waals surface area contributed by atoms with E-state index >= 15 is 4.39 Å². The van der Waals surface area contributed by atoms with Crippen LogP contribution in [0.25, 0.3) is 11.3 Å². The van der Waals surface area contributed by atoms with Crippen LogP contribution in [0.3, 0.4) is 0 Å². The van der Waals surface area contributed by atoms with Crippen molar-refractivity contribution in [3.8, 4) is 11.3 Å². The number of aryl methyl sites for hydroxylation is 1. The van der Waals surface area contributed by atoms with Gasteiger partial charge < -0.3 is 24.8 Å². The second kappa shape index (κ2) is 9.59. The molecule has 2 unspecified atom stereocenters. The number of imidazole rings is 1. The van der Waals surface area contributed by atoms with E-state index in [-0.39, 0.29) is 29.8 Å². The molecule has 2 N–H and O–H groups in total. The summed E-state index contributed by atoms with van der Waals surface area (Å²) in [5.74, 6) is -0.619. The van der Waals surface area contributed by atoms with E-state index in [9.17, 15) is 9.59 Å². The molecule has 2 atom stereocenters. The van der Waals surface area contributed by atoms with Crippen LogP contribution in [0.15, 0.2) is 42.7 Å². The monoisotopic (exact) mass is 504 g/mol. The predicted octanol–water partition coefficient (Wildman–Crippen LogP) is 3.39. The predicted molar refractivity (Wildman–Crippen MR) is 136 cm³/mol. The molecule has 1 aromatic carbocycles. The molecule has 3 fully saturated rings. The Balaban J connectivity index is 1.14. The fourth-order valence-electron chi connectivity index (χ4n) is 5.67. The summed E-state index contributed by atoms with van der Waals surface area (Å²) in [6.07, 6.45) is 5.69. The van der Waals surface area contributed by atoms with Crippen molar-refractivity contribution in [3.63, 3.8) is 0 Å². The molecule has 192 valence electrons. The number of pyridine rings is 1. The zero-order valence-electron chi connectivity index (χ0n) is 20.6. The van der Waals surface area contributed by atoms with E-state index in [0.29, 0.717) is 56.2 Å². The van der Waals surface area contributed by atoms with E-state index in [4.69, 9.17) is 4.74 Å². The standard InChI is InChI=1S/C27H29FN6O3/c1-16-11-18(5-8-29-16)23-13-30-25(31-23)26(35)32-22-4-2-3-21(28)24(22)33-9-6-17(7-10-33)27(36)34-14-20-12-19(34)15-37-20/h2-5,8,11,13,17,19-20H,6-7,9-10,12,14-15H2,1H3,(H,30,31)(H,32,35). The van der Waals surface area contributed by atoms with Gasteiger partial charge in [-0.25, -0.2) is 9.37 Å². The number of amides is 2. The summed E-state index contributed by atoms with van der Waals surface area (Å²) in [4.78, 5) is 41.4. The number of ether oxygens (including phenoxy) is 1. The third-order valence-corrected chi connectivity index (χ3v) is 7.58. The van der Waals surface area contributed by atoms with Gasteiger partial charge in [-0.05, 0) is 50.5 Å². The normalized spacial score (nSPS) is 21.5. The minimum Gasteiger partial charge on any atom is -0.374 e. The topological polar surface area (TPSA) is 103 Å². The molecule has 10 heteroatoms. The number of nitrogens with zero attached hydrogens (tertiary/aromatic N) is 4. The van der Waals surface area contributed by atoms with Crippen molar-refractivity contribution in [3.05, 3.63) is 60.1 Å². The first kappa shape index (κ1) is 23.6. The first-order valence-electron chi connectivity index (χ1n) is 12.7. The molecular weight excluding hydrogens is 475 g/mol. The van der Waals surface area contributed by atoms with E-state index in [1.165, 1.54) is 6.07 Å². The minimum absolute atomic E-state index is 0.0706. The van der Waals surface area contributed by atoms with Gasteiger partial charge in [0.2, 0.25) is 5.91 Å². The maximum absolute atomic E-state index is 15.0. The summed E-state index contributed by atoms with van der Waals surface area (Å²) in [6, 6.07) is 8.58. The maximum Gasteiger partial charge on any atom is 0.291 e. The van der Waals surface area contributed by atoms with Gasteiger partial charge in [-0.15, -0.1) is 0 Å². The fourth-order valence-corrected chi connectivity index (χ4v) is 5.67. The van der Waals surface area contributed by atoms with Crippen molar-refractivity contribution in [1.29, 1.82) is 0 Å². The van der Waals surface area contributed by atoms with E-state index in [0.717, 1.165) is 17.7 Å². The molecule has 0 aliphatic carbocycles. The lowest BCUT2D eigenvalue weighted by Crippen LogP contribution is -2.47. The third kappa shape index (κ3) is 4.57. The summed E-state index contributed by atoms with van der Waals surface area (Å²) in [7, 11) is 0. The van der Waals surface area contributed by atoms with Crippen LogP contribution in [0.5, 0.6) is 0 Å². The van der Waals surface area contributed by atoms with E-state index in [2.05, 4.69) is 20.3 Å². The first-order chi connectivity index (χ1) is 18.0. The summed E-state index contributed by atoms with van der Waals surface area (Å²) in [5, 5.41) is 2.82. The van der Waals surface area contributed by atoms with Crippen molar-refractivity contribution < 1.29 is 18.7 Å². The lowest BCUT2D eigenvalue weighted by Gasteiger charge is -2.37. The number of anilines is 2. The first-order valence-corrected chi connectivity index (χ1v) is 12.7. The van der Waals surface area contributed by atoms with Gasteiger partial charge in [0.05, 0.1) is 42.0 Å². The molecule has 0 spiro atoms. The van der Waals surface area contributed by atoms with Crippen LogP contribution in [0.1, 0.15) is 35.6 Å². The molecule has 9 nitrogen and oxygen atoms in total. The molecule has 3 saturated heterocycles. The van der Waals surface area contributed by atoms with Gasteiger partial charge >= 0.3 is 0 Å². The second-order valence-corrected chi connectivity index (χ2v) is 10.0. The molecule has 37 heavy (non-hydrogen) atoms. The van der Waals surface area contributed by atoms with Crippen LogP contribution in [0.2, 0.25) is 0 Å². The van der Waals surface area contributed by atoms with Crippen LogP contribution in [-0.2, 0) is 9.53 Å². The summed E-state index contributed by atoms with van der Waals surface area (Å²) in [6.45, 7) is 4.27. The van der Waals surface area contributed by atoms with Gasteiger partial charge in [-0.3, -0.25) is 14.6 Å². The maximum atomic E-state index is 15.0. The van der Waals surface area contributed by atoms with Crippen LogP contribution in [0.4, 0.5) is 15.8 Å². The number of nitrogens with one attached hydrogen (secondary N) is 2. The second-order valence-electron chi connectivity index (χ2n) is 10.0. The molecule has 0 radical (unpaired) electrons. The number of aromatic nitrogens is 3. The molecule has 3 aromatic rings. The Kier molecular flexibility index (Phi) is 6.11. The van der Waals surface area contributed by atoms with Crippen LogP contribution >= 0.6 is 0 Å². The summed E-state index contributed by atoms with van der Waals surface area (Å²) < 4.78 is 20.7. The molecule has 2 amide bonds. The van der Waals surface area contributed by atoms with Crippen molar-refractivity contribution in [2.45, 2.75) is 38.3 Å². The average molecular weight is 505 g/mol. The zero-order chi connectivity index (χ0) is 25.5. The average Bonchev–Trinajstić information content (AvgIpc) is 3.66. The van der Waals surface area contributed by atoms with Gasteiger partial charge in [0.1, 0.15) is 5.82 Å². The number of piperidine rings is 1. The summed E-state index contributed by atoms with van der Waals surface area (Å²) >= 11 is 0. The largest absolute Gasteiger partial charge is 0.374 e. The van der Waals surface area contributed by atoms with Gasteiger partial charge in [0.25, 0.3) is 5.91 Å². The third-order valence-electron chi connectivity index (χ3n) is 7.58. The van der Waals surface area contributed by atoms with Gasteiger partial charge in [0.15, 0.2) is 5.82 Å². The van der Waals surface area contributed by atoms with Crippen LogP contribution in [0, 0.1) is 18.7 Å². The Morgan fingerprint density at radius 3 is 2.76 bits per heavy atom. The van der Waals surface area contributed by atoms with Gasteiger partial charge in [0, 0.05) is 43.0 Å². The quantitative estimate of drug-likeness (QED) is 0.552. The molecular formula is C27H29FN6O3. The van der Waals surface area contributed by atoms with E-state index in [1.54, 1.807) is 24.5 Å². The number of aromatic amines is 1. The molecule has 5 heterocycles.